The minimum atomic E-state index is 0.633. The lowest BCUT2D eigenvalue weighted by molar-refractivity contribution is 0.306. The maximum atomic E-state index is 4.86. The summed E-state index contributed by atoms with van der Waals surface area (Å²) in [6.45, 7) is 2.49. The van der Waals surface area contributed by atoms with Crippen LogP contribution >= 0.6 is 12.6 Å². The predicted octanol–water partition coefficient (Wildman–Crippen LogP) is 7.30. The lowest BCUT2D eigenvalue weighted by atomic mass is 9.92. The van der Waals surface area contributed by atoms with Crippen LogP contribution in [0.25, 0.3) is 0 Å². The van der Waals surface area contributed by atoms with Gasteiger partial charge in [-0.1, -0.05) is 84.0 Å². The fourth-order valence-corrected chi connectivity index (χ4v) is 5.28. The van der Waals surface area contributed by atoms with E-state index in [1.54, 1.807) is 0 Å². The third-order valence-corrected chi connectivity index (χ3v) is 7.11. The molecular weight excluding hydrogens is 322 g/mol. The van der Waals surface area contributed by atoms with E-state index in [2.05, 4.69) is 12.2 Å². The molecule has 0 aromatic heterocycles. The summed E-state index contributed by atoms with van der Waals surface area (Å²) in [5, 5.41) is 4.78. The van der Waals surface area contributed by atoms with Gasteiger partial charge in [-0.3, -0.25) is 0 Å². The summed E-state index contributed by atoms with van der Waals surface area (Å²) in [6, 6.07) is 1.51. The van der Waals surface area contributed by atoms with Crippen LogP contribution in [0.4, 0.5) is 0 Å². The summed E-state index contributed by atoms with van der Waals surface area (Å²) in [5.41, 5.74) is 0. The van der Waals surface area contributed by atoms with Gasteiger partial charge in [0.25, 0.3) is 0 Å². The van der Waals surface area contributed by atoms with Crippen LogP contribution in [0.15, 0.2) is 0 Å². The molecule has 148 valence electrons. The Kier molecular flexibility index (Phi) is 11.6. The summed E-state index contributed by atoms with van der Waals surface area (Å²) in [7, 11) is 0. The number of hydrogen-bond donors (Lipinski definition) is 2. The smallest absolute Gasteiger partial charge is 0.00721 e. The monoisotopic (exact) mass is 367 g/mol. The first-order chi connectivity index (χ1) is 12.2. The number of thiol groups is 1. The van der Waals surface area contributed by atoms with E-state index in [0.717, 1.165) is 18.0 Å². The van der Waals surface area contributed by atoms with Crippen molar-refractivity contribution in [2.24, 2.45) is 5.92 Å². The lowest BCUT2D eigenvalue weighted by Crippen LogP contribution is -2.39. The molecule has 25 heavy (non-hydrogen) atoms. The molecule has 4 atom stereocenters. The third-order valence-electron chi connectivity index (χ3n) is 6.60. The Labute approximate surface area is 163 Å². The number of rotatable bonds is 2. The van der Waals surface area contributed by atoms with E-state index in [1.165, 1.54) is 116 Å². The highest BCUT2D eigenvalue weighted by molar-refractivity contribution is 7.80. The predicted molar refractivity (Wildman–Crippen MR) is 116 cm³/mol. The first-order valence-electron chi connectivity index (χ1n) is 11.7. The van der Waals surface area contributed by atoms with Crippen molar-refractivity contribution in [3.8, 4) is 0 Å². The summed E-state index contributed by atoms with van der Waals surface area (Å²) in [5.74, 6) is 0.899. The van der Waals surface area contributed by atoms with Crippen LogP contribution in [0, 0.1) is 5.92 Å². The van der Waals surface area contributed by atoms with Crippen LogP contribution in [-0.2, 0) is 0 Å². The van der Waals surface area contributed by atoms with Crippen LogP contribution in [0.1, 0.15) is 122 Å². The number of hydrogen-bond acceptors (Lipinski definition) is 2. The van der Waals surface area contributed by atoms with Crippen molar-refractivity contribution in [1.29, 1.82) is 0 Å². The third kappa shape index (κ3) is 10.3. The largest absolute Gasteiger partial charge is 0.311 e. The average molecular weight is 368 g/mol. The van der Waals surface area contributed by atoms with Gasteiger partial charge in [-0.2, -0.15) is 12.6 Å². The molecule has 0 radical (unpaired) electrons. The Morgan fingerprint density at radius 2 is 1.08 bits per heavy atom. The molecule has 0 saturated heterocycles. The van der Waals surface area contributed by atoms with Crippen LogP contribution in [0.5, 0.6) is 0 Å². The summed E-state index contributed by atoms with van der Waals surface area (Å²) in [6.07, 6.45) is 25.5. The van der Waals surface area contributed by atoms with Crippen molar-refractivity contribution < 1.29 is 0 Å². The SMILES string of the molecule is CC1CCCCCCCCC(NC2CCCCCCCC(S)CC2)C1. The summed E-state index contributed by atoms with van der Waals surface area (Å²) in [4.78, 5) is 0. The van der Waals surface area contributed by atoms with E-state index in [0.29, 0.717) is 5.25 Å². The molecule has 0 heterocycles. The Morgan fingerprint density at radius 1 is 0.560 bits per heavy atom. The molecule has 1 nitrogen and oxygen atoms in total. The molecule has 0 spiro atoms. The van der Waals surface area contributed by atoms with Crippen molar-refractivity contribution in [1.82, 2.24) is 5.32 Å². The fraction of sp³-hybridized carbons (Fsp3) is 1.00. The van der Waals surface area contributed by atoms with Gasteiger partial charge in [0.2, 0.25) is 0 Å². The Bertz CT molecular complexity index is 319. The van der Waals surface area contributed by atoms with Crippen LogP contribution in [0.3, 0.4) is 0 Å². The molecule has 1 N–H and O–H groups in total. The summed E-state index contributed by atoms with van der Waals surface area (Å²) >= 11 is 4.86. The second-order valence-electron chi connectivity index (χ2n) is 9.18. The minimum Gasteiger partial charge on any atom is -0.311 e. The van der Waals surface area contributed by atoms with Crippen LogP contribution in [-0.4, -0.2) is 17.3 Å². The van der Waals surface area contributed by atoms with Crippen molar-refractivity contribution in [3.63, 3.8) is 0 Å². The van der Waals surface area contributed by atoms with Gasteiger partial charge in [-0.25, -0.2) is 0 Å². The summed E-state index contributed by atoms with van der Waals surface area (Å²) < 4.78 is 0. The molecule has 2 heteroatoms. The molecule has 0 aromatic carbocycles. The molecule has 4 unspecified atom stereocenters. The van der Waals surface area contributed by atoms with Gasteiger partial charge in [0.15, 0.2) is 0 Å². The van der Waals surface area contributed by atoms with Crippen molar-refractivity contribution in [3.05, 3.63) is 0 Å². The van der Waals surface area contributed by atoms with Gasteiger partial charge in [0, 0.05) is 17.3 Å². The van der Waals surface area contributed by atoms with Crippen molar-refractivity contribution in [2.75, 3.05) is 0 Å². The minimum absolute atomic E-state index is 0.633. The molecule has 0 aliphatic heterocycles. The zero-order chi connectivity index (χ0) is 17.7. The quantitative estimate of drug-likeness (QED) is 0.488. The van der Waals surface area contributed by atoms with E-state index >= 15 is 0 Å². The molecule has 2 fully saturated rings. The molecule has 2 rings (SSSR count). The van der Waals surface area contributed by atoms with E-state index in [-0.39, 0.29) is 0 Å². The molecule has 2 aliphatic rings. The Morgan fingerprint density at radius 3 is 1.76 bits per heavy atom. The van der Waals surface area contributed by atoms with Gasteiger partial charge in [0.05, 0.1) is 0 Å². The first-order valence-corrected chi connectivity index (χ1v) is 12.2. The van der Waals surface area contributed by atoms with Crippen LogP contribution < -0.4 is 5.32 Å². The maximum Gasteiger partial charge on any atom is 0.00721 e. The zero-order valence-electron chi connectivity index (χ0n) is 17.0. The van der Waals surface area contributed by atoms with Crippen molar-refractivity contribution in [2.45, 2.75) is 140 Å². The lowest BCUT2D eigenvalue weighted by Gasteiger charge is -2.28. The highest BCUT2D eigenvalue weighted by Crippen LogP contribution is 2.24. The van der Waals surface area contributed by atoms with E-state index in [1.807, 2.05) is 0 Å². The van der Waals surface area contributed by atoms with Crippen LogP contribution in [0.2, 0.25) is 0 Å². The van der Waals surface area contributed by atoms with E-state index in [9.17, 15) is 0 Å². The molecule has 0 bridgehead atoms. The second-order valence-corrected chi connectivity index (χ2v) is 9.91. The van der Waals surface area contributed by atoms with E-state index < -0.39 is 0 Å². The number of nitrogens with one attached hydrogen (secondary N) is 1. The second kappa shape index (κ2) is 13.5. The standard InChI is InChI=1S/C23H45NS/c1-20-13-9-5-2-3-6-11-15-22(19-20)24-21-14-10-7-4-8-12-16-23(25)18-17-21/h20-25H,2-19H2,1H3. The Balaban J connectivity index is 1.85. The fourth-order valence-electron chi connectivity index (χ4n) is 4.95. The molecule has 0 aromatic rings. The first kappa shape index (κ1) is 21.6. The molecule has 0 amide bonds. The average Bonchev–Trinajstić information content (AvgIpc) is 2.66. The van der Waals surface area contributed by atoms with Crippen molar-refractivity contribution >= 4 is 12.6 Å². The highest BCUT2D eigenvalue weighted by Gasteiger charge is 2.19. The molecule has 2 aliphatic carbocycles. The molecule has 2 saturated carbocycles. The van der Waals surface area contributed by atoms with Gasteiger partial charge in [-0.05, 0) is 44.4 Å². The Hall–Kier alpha value is 0.310. The van der Waals surface area contributed by atoms with E-state index in [4.69, 9.17) is 12.6 Å². The maximum absolute atomic E-state index is 4.86. The van der Waals surface area contributed by atoms with Gasteiger partial charge >= 0.3 is 0 Å². The van der Waals surface area contributed by atoms with Gasteiger partial charge in [0.1, 0.15) is 0 Å². The van der Waals surface area contributed by atoms with Gasteiger partial charge < -0.3 is 5.32 Å². The van der Waals surface area contributed by atoms with Gasteiger partial charge in [-0.15, -0.1) is 0 Å². The normalized spacial score (nSPS) is 35.3. The highest BCUT2D eigenvalue weighted by atomic mass is 32.1. The topological polar surface area (TPSA) is 12.0 Å². The zero-order valence-corrected chi connectivity index (χ0v) is 17.9. The molecular formula is C23H45NS.